The second kappa shape index (κ2) is 20.9. The molecule has 2 heterocycles. The normalized spacial score (nSPS) is 11.6. The monoisotopic (exact) mass is 1030 g/mol. The molecule has 0 saturated heterocycles. The molecule has 0 aliphatic rings. The fraction of sp³-hybridized carbons (Fsp3) is 0. The first kappa shape index (κ1) is 48.6. The number of nitrogens with zero attached hydrogens (tertiary/aromatic N) is 2. The van der Waals surface area contributed by atoms with Gasteiger partial charge in [-0.2, -0.15) is 0 Å². The molecule has 0 N–H and O–H groups in total. The number of furan rings is 1. The van der Waals surface area contributed by atoms with Crippen LogP contribution in [-0.2, 0) is 0 Å². The Balaban J connectivity index is 0.904. The van der Waals surface area contributed by atoms with Crippen LogP contribution in [0.2, 0.25) is 0 Å². The molecule has 3 heteroatoms. The van der Waals surface area contributed by atoms with Crippen LogP contribution < -0.4 is 4.90 Å². The molecule has 0 saturated carbocycles. The lowest BCUT2D eigenvalue weighted by atomic mass is 9.87. The molecule has 0 fully saturated rings. The van der Waals surface area contributed by atoms with E-state index in [2.05, 4.69) is 296 Å². The highest BCUT2D eigenvalue weighted by atomic mass is 16.3. The third kappa shape index (κ3) is 8.94. The van der Waals surface area contributed by atoms with Crippen molar-refractivity contribution in [3.8, 4) is 72.4 Å². The molecule has 0 unspecified atom stereocenters. The molecular formula is C78H54N2O. The lowest BCUT2D eigenvalue weighted by Gasteiger charge is -2.27. The number of allylic oxidation sites excluding steroid dienone is 4. The molecule has 0 aliphatic heterocycles. The minimum absolute atomic E-state index is 0.898. The van der Waals surface area contributed by atoms with Gasteiger partial charge in [0.05, 0.1) is 11.0 Å². The molecule has 382 valence electrons. The van der Waals surface area contributed by atoms with Crippen LogP contribution >= 0.6 is 0 Å². The highest BCUT2D eigenvalue weighted by Crippen LogP contribution is 2.46. The van der Waals surface area contributed by atoms with Crippen molar-refractivity contribution in [3.05, 3.63) is 322 Å². The number of hydrogen-bond donors (Lipinski definition) is 0. The van der Waals surface area contributed by atoms with Crippen molar-refractivity contribution in [1.29, 1.82) is 0 Å². The van der Waals surface area contributed by atoms with Gasteiger partial charge in [0.15, 0.2) is 0 Å². The van der Waals surface area contributed by atoms with Gasteiger partial charge >= 0.3 is 0 Å². The zero-order chi connectivity index (χ0) is 54.2. The molecule has 0 aliphatic carbocycles. The maximum Gasteiger partial charge on any atom is 0.143 e. The molecule has 14 aromatic rings. The topological polar surface area (TPSA) is 21.3 Å². The number of anilines is 3. The van der Waals surface area contributed by atoms with Gasteiger partial charge in [-0.3, -0.25) is 0 Å². The number of benzene rings is 12. The number of para-hydroxylation sites is 2. The summed E-state index contributed by atoms with van der Waals surface area (Å²) in [6.07, 6.45) is 5.68. The van der Waals surface area contributed by atoms with Crippen LogP contribution in [0, 0.1) is 0 Å². The van der Waals surface area contributed by atoms with E-state index >= 15 is 0 Å². The Labute approximate surface area is 472 Å². The van der Waals surface area contributed by atoms with Crippen LogP contribution in [0.5, 0.6) is 0 Å². The maximum absolute atomic E-state index is 6.49. The molecule has 3 nitrogen and oxygen atoms in total. The Hall–Kier alpha value is -10.7. The summed E-state index contributed by atoms with van der Waals surface area (Å²) in [4.78, 5) is 2.35. The zero-order valence-electron chi connectivity index (χ0n) is 44.6. The first-order chi connectivity index (χ1) is 40.1. The van der Waals surface area contributed by atoms with Crippen molar-refractivity contribution in [2.75, 3.05) is 4.90 Å². The minimum Gasteiger partial charge on any atom is -0.455 e. The largest absolute Gasteiger partial charge is 0.455 e. The third-order valence-electron chi connectivity index (χ3n) is 15.8. The van der Waals surface area contributed by atoms with Gasteiger partial charge in [-0.1, -0.05) is 238 Å². The van der Waals surface area contributed by atoms with E-state index in [0.717, 1.165) is 106 Å². The molecule has 14 rings (SSSR count). The number of hydrogen-bond acceptors (Lipinski definition) is 2. The summed E-state index contributed by atoms with van der Waals surface area (Å²) < 4.78 is 8.90. The summed E-state index contributed by atoms with van der Waals surface area (Å²) in [7, 11) is 0. The van der Waals surface area contributed by atoms with Gasteiger partial charge < -0.3 is 13.9 Å². The number of fused-ring (bicyclic) bond motifs is 6. The van der Waals surface area contributed by atoms with Crippen molar-refractivity contribution in [1.82, 2.24) is 4.57 Å². The second-order valence-corrected chi connectivity index (χ2v) is 20.5. The lowest BCUT2D eigenvalue weighted by Crippen LogP contribution is -2.10. The van der Waals surface area contributed by atoms with Gasteiger partial charge in [0, 0.05) is 49.9 Å². The summed E-state index contributed by atoms with van der Waals surface area (Å²) in [5, 5.41) is 4.63. The molecule has 0 atom stereocenters. The van der Waals surface area contributed by atoms with E-state index in [1.165, 1.54) is 38.6 Å². The fourth-order valence-electron chi connectivity index (χ4n) is 11.9. The molecular weight excluding hydrogens is 981 g/mol. The Morgan fingerprint density at radius 3 is 1.52 bits per heavy atom. The third-order valence-corrected chi connectivity index (χ3v) is 15.8. The Bertz CT molecular complexity index is 4680. The van der Waals surface area contributed by atoms with E-state index in [4.69, 9.17) is 4.42 Å². The van der Waals surface area contributed by atoms with Gasteiger partial charge in [-0.25, -0.2) is 0 Å². The molecule has 0 bridgehead atoms. The fourth-order valence-corrected chi connectivity index (χ4v) is 11.9. The molecule has 81 heavy (non-hydrogen) atoms. The quantitative estimate of drug-likeness (QED) is 0.107. The van der Waals surface area contributed by atoms with Gasteiger partial charge in [0.25, 0.3) is 0 Å². The van der Waals surface area contributed by atoms with Crippen LogP contribution in [0.25, 0.3) is 122 Å². The zero-order valence-corrected chi connectivity index (χ0v) is 44.6. The summed E-state index contributed by atoms with van der Waals surface area (Å²) in [5.41, 5.74) is 24.2. The molecule has 0 radical (unpaired) electrons. The summed E-state index contributed by atoms with van der Waals surface area (Å²) >= 11 is 0. The van der Waals surface area contributed by atoms with E-state index < -0.39 is 0 Å². The Kier molecular flexibility index (Phi) is 12.5. The van der Waals surface area contributed by atoms with E-state index in [1.807, 2.05) is 24.3 Å². The highest BCUT2D eigenvalue weighted by molar-refractivity contribution is 6.13. The number of rotatable bonds is 13. The van der Waals surface area contributed by atoms with Crippen LogP contribution in [0.15, 0.2) is 321 Å². The van der Waals surface area contributed by atoms with Crippen molar-refractivity contribution in [2.24, 2.45) is 0 Å². The van der Waals surface area contributed by atoms with Gasteiger partial charge in [0.1, 0.15) is 11.2 Å². The maximum atomic E-state index is 6.49. The van der Waals surface area contributed by atoms with E-state index in [1.54, 1.807) is 6.08 Å². The van der Waals surface area contributed by atoms with Crippen molar-refractivity contribution in [2.45, 2.75) is 0 Å². The van der Waals surface area contributed by atoms with Crippen molar-refractivity contribution in [3.63, 3.8) is 0 Å². The van der Waals surface area contributed by atoms with Crippen LogP contribution in [0.4, 0.5) is 17.1 Å². The second-order valence-electron chi connectivity index (χ2n) is 20.5. The summed E-state index contributed by atoms with van der Waals surface area (Å²) in [6, 6.07) is 103. The van der Waals surface area contributed by atoms with Crippen LogP contribution in [0.3, 0.4) is 0 Å². The predicted octanol–water partition coefficient (Wildman–Crippen LogP) is 21.9. The summed E-state index contributed by atoms with van der Waals surface area (Å²) in [5.74, 6) is 0. The minimum atomic E-state index is 0.898. The highest BCUT2D eigenvalue weighted by Gasteiger charge is 2.21. The van der Waals surface area contributed by atoms with Crippen LogP contribution in [0.1, 0.15) is 5.56 Å². The van der Waals surface area contributed by atoms with Gasteiger partial charge in [-0.15, -0.1) is 0 Å². The van der Waals surface area contributed by atoms with E-state index in [-0.39, 0.29) is 0 Å². The standard InChI is InChI=1S/C78H54N2O/c1-3-19-53(4-2)56-34-42-63(43-35-56)79(64-44-36-57(37-45-64)54-20-8-5-9-21-54)66-27-16-26-61(50-66)67-29-17-30-68(77(67)59-24-12-7-13-25-59)62-41-49-75-73(52-62)72-51-60(55-22-10-6-11-23-55)40-48-74(72)80(75)65-46-38-58(39-47-65)69-31-18-32-71-70-28-14-15-33-76(70)81-78(69)71/h3-52H,1-2H2/b53-19+. The predicted molar refractivity (Wildman–Crippen MR) is 344 cm³/mol. The summed E-state index contributed by atoms with van der Waals surface area (Å²) in [6.45, 7) is 8.02. The molecule has 12 aromatic carbocycles. The Morgan fingerprint density at radius 1 is 0.358 bits per heavy atom. The van der Waals surface area contributed by atoms with Crippen molar-refractivity contribution < 1.29 is 4.42 Å². The average Bonchev–Trinajstić information content (AvgIpc) is 3.91. The van der Waals surface area contributed by atoms with Gasteiger partial charge in [0.2, 0.25) is 0 Å². The van der Waals surface area contributed by atoms with Gasteiger partial charge in [-0.05, 0) is 151 Å². The SMILES string of the molecule is C=C/C=C(\C=C)c1ccc(N(c2ccc(-c3ccccc3)cc2)c2cccc(-c3cccc(-c4ccc5c(c4)c4cc(-c6ccccc6)ccc4n5-c4ccc(-c5cccc6c5oc5ccccc56)cc4)c3-c3ccccc3)c2)cc1. The van der Waals surface area contributed by atoms with Crippen LogP contribution in [-0.4, -0.2) is 4.57 Å². The smallest absolute Gasteiger partial charge is 0.143 e. The Morgan fingerprint density at radius 2 is 0.852 bits per heavy atom. The number of aromatic nitrogens is 1. The van der Waals surface area contributed by atoms with E-state index in [9.17, 15) is 0 Å². The average molecular weight is 1040 g/mol. The van der Waals surface area contributed by atoms with E-state index in [0.29, 0.717) is 0 Å². The molecule has 0 amide bonds. The molecule has 2 aromatic heterocycles. The first-order valence-corrected chi connectivity index (χ1v) is 27.5. The molecule has 0 spiro atoms. The lowest BCUT2D eigenvalue weighted by molar-refractivity contribution is 0.670. The van der Waals surface area contributed by atoms with Crippen molar-refractivity contribution >= 4 is 66.4 Å². The first-order valence-electron chi connectivity index (χ1n) is 27.5.